The van der Waals surface area contributed by atoms with Gasteiger partial charge in [0.05, 0.1) is 0 Å². The minimum absolute atomic E-state index is 0.222. The maximum absolute atomic E-state index is 9.37. The number of hydrogen-bond donors (Lipinski definition) is 2. The van der Waals surface area contributed by atoms with Crippen LogP contribution in [0.15, 0.2) is 0 Å². The molecule has 8 heavy (non-hydrogen) atoms. The molecule has 4 nitrogen and oxygen atoms in total. The SMILES string of the molecule is CCC(=O)O.O=PO. The Morgan fingerprint density at radius 2 is 1.88 bits per heavy atom. The van der Waals surface area contributed by atoms with Crippen LogP contribution in [0.25, 0.3) is 0 Å². The smallest absolute Gasteiger partial charge is 0.324 e. The van der Waals surface area contributed by atoms with Crippen molar-refractivity contribution < 1.29 is 19.4 Å². The van der Waals surface area contributed by atoms with Gasteiger partial charge in [0.15, 0.2) is 0 Å². The zero-order valence-corrected chi connectivity index (χ0v) is 5.26. The first-order valence-corrected chi connectivity index (χ1v) is 2.64. The van der Waals surface area contributed by atoms with E-state index >= 15 is 0 Å². The van der Waals surface area contributed by atoms with Crippen molar-refractivity contribution in [1.29, 1.82) is 0 Å². The standard InChI is InChI=1S/C3H6O2.HO2P/c1-2-3(4)5;1-3-2/h2H2,1H3,(H,4,5);(H,1,2). The van der Waals surface area contributed by atoms with Crippen LogP contribution in [0.1, 0.15) is 13.3 Å². The highest BCUT2D eigenvalue weighted by atomic mass is 31.1. The van der Waals surface area contributed by atoms with Gasteiger partial charge in [-0.1, -0.05) is 6.92 Å². The second-order valence-electron chi connectivity index (χ2n) is 0.829. The molecule has 0 spiro atoms. The third-order valence-corrected chi connectivity index (χ3v) is 0.302. The third-order valence-electron chi connectivity index (χ3n) is 0.302. The topological polar surface area (TPSA) is 74.6 Å². The maximum Gasteiger partial charge on any atom is 0.324 e. The highest BCUT2D eigenvalue weighted by molar-refractivity contribution is 7.16. The van der Waals surface area contributed by atoms with Crippen molar-refractivity contribution in [2.24, 2.45) is 0 Å². The van der Waals surface area contributed by atoms with Crippen LogP contribution < -0.4 is 0 Å². The predicted octanol–water partition coefficient (Wildman–Crippen LogP) is 0.666. The Balaban J connectivity index is 0. The summed E-state index contributed by atoms with van der Waals surface area (Å²) in [6.07, 6.45) is 0.222. The molecular weight excluding hydrogens is 131 g/mol. The van der Waals surface area contributed by atoms with Gasteiger partial charge in [-0.3, -0.25) is 4.79 Å². The van der Waals surface area contributed by atoms with Crippen molar-refractivity contribution in [2.75, 3.05) is 0 Å². The Morgan fingerprint density at radius 1 is 1.75 bits per heavy atom. The number of carboxylic acid groups (broad SMARTS) is 1. The minimum Gasteiger partial charge on any atom is -0.481 e. The van der Waals surface area contributed by atoms with E-state index in [2.05, 4.69) is 0 Å². The molecule has 0 saturated heterocycles. The van der Waals surface area contributed by atoms with Crippen LogP contribution in [-0.4, -0.2) is 16.0 Å². The van der Waals surface area contributed by atoms with Crippen molar-refractivity contribution in [3.8, 4) is 0 Å². The quantitative estimate of drug-likeness (QED) is 0.522. The first kappa shape index (κ1) is 10.5. The van der Waals surface area contributed by atoms with E-state index in [4.69, 9.17) is 14.6 Å². The molecule has 0 fully saturated rings. The molecular formula is C3H7O4P. The molecule has 0 aromatic carbocycles. The van der Waals surface area contributed by atoms with Crippen LogP contribution in [0.2, 0.25) is 0 Å². The average Bonchev–Trinajstić information content (AvgIpc) is 1.69. The van der Waals surface area contributed by atoms with Gasteiger partial charge in [-0.25, -0.2) is 4.57 Å². The normalized spacial score (nSPS) is 7.25. The fourth-order valence-corrected chi connectivity index (χ4v) is 0. The van der Waals surface area contributed by atoms with Crippen molar-refractivity contribution in [2.45, 2.75) is 13.3 Å². The Kier molecular flexibility index (Phi) is 12.8. The van der Waals surface area contributed by atoms with Gasteiger partial charge in [0, 0.05) is 6.42 Å². The van der Waals surface area contributed by atoms with Crippen LogP contribution in [0.4, 0.5) is 0 Å². The highest BCUT2D eigenvalue weighted by Gasteiger charge is 1.80. The first-order chi connectivity index (χ1) is 3.68. The predicted molar refractivity (Wildman–Crippen MR) is 27.8 cm³/mol. The van der Waals surface area contributed by atoms with E-state index in [1.807, 2.05) is 0 Å². The van der Waals surface area contributed by atoms with Gasteiger partial charge in [0.1, 0.15) is 0 Å². The Morgan fingerprint density at radius 3 is 1.88 bits per heavy atom. The van der Waals surface area contributed by atoms with Gasteiger partial charge in [-0.15, -0.1) is 0 Å². The largest absolute Gasteiger partial charge is 0.481 e. The van der Waals surface area contributed by atoms with Crippen LogP contribution in [-0.2, 0) is 9.36 Å². The lowest BCUT2D eigenvalue weighted by molar-refractivity contribution is -0.136. The van der Waals surface area contributed by atoms with Crippen molar-refractivity contribution >= 4 is 14.7 Å². The Bertz CT molecular complexity index is 71.7. The molecule has 0 atom stereocenters. The summed E-state index contributed by atoms with van der Waals surface area (Å²) in [4.78, 5) is 16.4. The molecule has 2 N–H and O–H groups in total. The monoisotopic (exact) mass is 138 g/mol. The molecule has 0 saturated carbocycles. The van der Waals surface area contributed by atoms with Gasteiger partial charge in [0.2, 0.25) is 0 Å². The van der Waals surface area contributed by atoms with Gasteiger partial charge < -0.3 is 10.00 Å². The zero-order chi connectivity index (χ0) is 6.99. The maximum atomic E-state index is 9.37. The second kappa shape index (κ2) is 9.73. The second-order valence-corrected chi connectivity index (χ2v) is 0.992. The van der Waals surface area contributed by atoms with Gasteiger partial charge in [0.25, 0.3) is 0 Å². The Hall–Kier alpha value is -0.470. The van der Waals surface area contributed by atoms with E-state index in [1.165, 1.54) is 0 Å². The molecule has 0 aromatic rings. The number of hydrogen-bond acceptors (Lipinski definition) is 2. The van der Waals surface area contributed by atoms with E-state index in [9.17, 15) is 4.79 Å². The molecule has 5 heteroatoms. The number of carbonyl (C=O) groups is 1. The number of carboxylic acids is 1. The molecule has 0 amide bonds. The Labute approximate surface area is 48.4 Å². The molecule has 0 aliphatic heterocycles. The van der Waals surface area contributed by atoms with Crippen LogP contribution in [0, 0.1) is 0 Å². The van der Waals surface area contributed by atoms with E-state index < -0.39 is 14.7 Å². The summed E-state index contributed by atoms with van der Waals surface area (Å²) in [6, 6.07) is 0. The summed E-state index contributed by atoms with van der Waals surface area (Å²) in [5, 5.41) is 7.72. The van der Waals surface area contributed by atoms with Crippen molar-refractivity contribution in [1.82, 2.24) is 0 Å². The van der Waals surface area contributed by atoms with Crippen molar-refractivity contribution in [3.63, 3.8) is 0 Å². The summed E-state index contributed by atoms with van der Waals surface area (Å²) >= 11 is 0. The van der Waals surface area contributed by atoms with Crippen LogP contribution in [0.3, 0.4) is 0 Å². The fourth-order valence-electron chi connectivity index (χ4n) is 0. The molecule has 0 aliphatic rings. The van der Waals surface area contributed by atoms with Gasteiger partial charge in [-0.05, 0) is 0 Å². The fraction of sp³-hybridized carbons (Fsp3) is 0.667. The lowest BCUT2D eigenvalue weighted by Crippen LogP contribution is -1.86. The summed E-state index contributed by atoms with van der Waals surface area (Å²) in [7, 11) is -0.833. The molecule has 0 rings (SSSR count). The van der Waals surface area contributed by atoms with Gasteiger partial charge >= 0.3 is 14.7 Å². The lowest BCUT2D eigenvalue weighted by Gasteiger charge is -1.71. The van der Waals surface area contributed by atoms with E-state index in [1.54, 1.807) is 6.92 Å². The van der Waals surface area contributed by atoms with Crippen LogP contribution in [0.5, 0.6) is 0 Å². The summed E-state index contributed by atoms with van der Waals surface area (Å²) < 4.78 is 8.46. The summed E-state index contributed by atoms with van der Waals surface area (Å²) in [6.45, 7) is 1.60. The van der Waals surface area contributed by atoms with E-state index in [0.717, 1.165) is 0 Å². The minimum atomic E-state index is -0.833. The third kappa shape index (κ3) is 48.5. The molecule has 0 unspecified atom stereocenters. The first-order valence-electron chi connectivity index (χ1n) is 1.87. The molecule has 0 radical (unpaired) electrons. The van der Waals surface area contributed by atoms with E-state index in [-0.39, 0.29) is 6.42 Å². The molecule has 0 aromatic heterocycles. The summed E-state index contributed by atoms with van der Waals surface area (Å²) in [5.41, 5.74) is 0. The number of rotatable bonds is 1. The van der Waals surface area contributed by atoms with Gasteiger partial charge in [-0.2, -0.15) is 0 Å². The summed E-state index contributed by atoms with van der Waals surface area (Å²) in [5.74, 6) is -0.745. The zero-order valence-electron chi connectivity index (χ0n) is 4.37. The molecule has 0 aliphatic carbocycles. The lowest BCUT2D eigenvalue weighted by atomic mass is 10.5. The average molecular weight is 138 g/mol. The molecule has 0 heterocycles. The highest BCUT2D eigenvalue weighted by Crippen LogP contribution is 1.67. The van der Waals surface area contributed by atoms with Crippen molar-refractivity contribution in [3.05, 3.63) is 0 Å². The van der Waals surface area contributed by atoms with E-state index in [0.29, 0.717) is 0 Å². The molecule has 0 bridgehead atoms. The number of aliphatic carboxylic acids is 1. The molecule has 48 valence electrons. The van der Waals surface area contributed by atoms with Crippen LogP contribution >= 0.6 is 8.69 Å².